The quantitative estimate of drug-likeness (QED) is 0.840. The number of hydrogen-bond acceptors (Lipinski definition) is 5. The highest BCUT2D eigenvalue weighted by molar-refractivity contribution is 4.99. The number of aromatic nitrogens is 4. The van der Waals surface area contributed by atoms with Crippen LogP contribution in [-0.2, 0) is 13.1 Å². The molecule has 2 aliphatic heterocycles. The zero-order valence-corrected chi connectivity index (χ0v) is 11.9. The molecule has 0 aliphatic carbocycles. The topological polar surface area (TPSA) is 58.9 Å². The molecule has 6 nitrogen and oxygen atoms in total. The summed E-state index contributed by atoms with van der Waals surface area (Å²) in [4.78, 5) is 2.59. The van der Waals surface area contributed by atoms with Gasteiger partial charge in [-0.15, -0.1) is 5.10 Å². The van der Waals surface area contributed by atoms with Gasteiger partial charge in [-0.25, -0.2) is 4.68 Å². The molecule has 19 heavy (non-hydrogen) atoms. The molecule has 0 amide bonds. The lowest BCUT2D eigenvalue weighted by molar-refractivity contribution is 0.202. The van der Waals surface area contributed by atoms with Gasteiger partial charge in [0.05, 0.1) is 6.54 Å². The Hall–Kier alpha value is -1.01. The SMILES string of the molecule is CCCn1nnnc1CN1CC2CNCC2C1CC. The van der Waals surface area contributed by atoms with Crippen molar-refractivity contribution in [2.24, 2.45) is 11.8 Å². The molecule has 106 valence electrons. The highest BCUT2D eigenvalue weighted by Crippen LogP contribution is 2.34. The van der Waals surface area contributed by atoms with Crippen molar-refractivity contribution in [3.63, 3.8) is 0 Å². The number of aryl methyl sites for hydroxylation is 1. The summed E-state index contributed by atoms with van der Waals surface area (Å²) in [6, 6.07) is 0.687. The van der Waals surface area contributed by atoms with E-state index in [2.05, 4.69) is 39.6 Å². The van der Waals surface area contributed by atoms with Gasteiger partial charge in [-0.2, -0.15) is 0 Å². The number of tetrazole rings is 1. The Balaban J connectivity index is 1.70. The second-order valence-electron chi connectivity index (χ2n) is 5.81. The fraction of sp³-hybridized carbons (Fsp3) is 0.923. The fourth-order valence-corrected chi connectivity index (χ4v) is 3.76. The molecule has 3 rings (SSSR count). The molecule has 1 aromatic rings. The van der Waals surface area contributed by atoms with E-state index in [4.69, 9.17) is 0 Å². The fourth-order valence-electron chi connectivity index (χ4n) is 3.76. The minimum Gasteiger partial charge on any atom is -0.316 e. The van der Waals surface area contributed by atoms with Gasteiger partial charge in [-0.05, 0) is 48.2 Å². The van der Waals surface area contributed by atoms with Gasteiger partial charge in [0, 0.05) is 19.1 Å². The number of rotatable bonds is 5. The minimum absolute atomic E-state index is 0.687. The normalized spacial score (nSPS) is 30.9. The van der Waals surface area contributed by atoms with E-state index in [-0.39, 0.29) is 0 Å². The maximum Gasteiger partial charge on any atom is 0.165 e. The molecule has 3 atom stereocenters. The summed E-state index contributed by atoms with van der Waals surface area (Å²) in [6.45, 7) is 9.83. The summed E-state index contributed by atoms with van der Waals surface area (Å²) >= 11 is 0. The molecule has 0 saturated carbocycles. The molecule has 0 spiro atoms. The predicted molar refractivity (Wildman–Crippen MR) is 72.4 cm³/mol. The van der Waals surface area contributed by atoms with Crippen molar-refractivity contribution in [3.8, 4) is 0 Å². The van der Waals surface area contributed by atoms with Gasteiger partial charge in [0.25, 0.3) is 0 Å². The average molecular weight is 264 g/mol. The summed E-state index contributed by atoms with van der Waals surface area (Å²) in [5, 5.41) is 15.7. The third kappa shape index (κ3) is 2.39. The molecule has 2 fully saturated rings. The first kappa shape index (κ1) is 13.0. The van der Waals surface area contributed by atoms with Crippen LogP contribution in [0.1, 0.15) is 32.5 Å². The van der Waals surface area contributed by atoms with Crippen LogP contribution in [0.25, 0.3) is 0 Å². The Bertz CT molecular complexity index is 417. The van der Waals surface area contributed by atoms with Crippen LogP contribution >= 0.6 is 0 Å². The molecule has 0 aromatic carbocycles. The van der Waals surface area contributed by atoms with Gasteiger partial charge in [0.2, 0.25) is 0 Å². The number of hydrogen-bond donors (Lipinski definition) is 1. The Labute approximate surface area is 114 Å². The van der Waals surface area contributed by atoms with Crippen LogP contribution in [0.5, 0.6) is 0 Å². The zero-order chi connectivity index (χ0) is 13.2. The molecule has 6 heteroatoms. The lowest BCUT2D eigenvalue weighted by Gasteiger charge is -2.26. The average Bonchev–Trinajstić information content (AvgIpc) is 3.07. The summed E-state index contributed by atoms with van der Waals surface area (Å²) in [5.74, 6) is 2.66. The molecular weight excluding hydrogens is 240 g/mol. The number of likely N-dealkylation sites (tertiary alicyclic amines) is 1. The van der Waals surface area contributed by atoms with Gasteiger partial charge in [0.1, 0.15) is 0 Å². The minimum atomic E-state index is 0.687. The second kappa shape index (κ2) is 5.54. The van der Waals surface area contributed by atoms with Gasteiger partial charge >= 0.3 is 0 Å². The lowest BCUT2D eigenvalue weighted by Crippen LogP contribution is -2.35. The van der Waals surface area contributed by atoms with Crippen LogP contribution in [0, 0.1) is 11.8 Å². The van der Waals surface area contributed by atoms with Crippen LogP contribution < -0.4 is 5.32 Å². The van der Waals surface area contributed by atoms with Gasteiger partial charge in [-0.1, -0.05) is 13.8 Å². The Morgan fingerprint density at radius 2 is 2.21 bits per heavy atom. The first-order valence-electron chi connectivity index (χ1n) is 7.53. The number of fused-ring (bicyclic) bond motifs is 1. The predicted octanol–water partition coefficient (Wildman–Crippen LogP) is 0.513. The van der Waals surface area contributed by atoms with E-state index in [0.29, 0.717) is 6.04 Å². The van der Waals surface area contributed by atoms with Crippen molar-refractivity contribution in [1.82, 2.24) is 30.4 Å². The van der Waals surface area contributed by atoms with Crippen LogP contribution in [0.3, 0.4) is 0 Å². The van der Waals surface area contributed by atoms with Crippen LogP contribution in [0.15, 0.2) is 0 Å². The third-order valence-electron chi connectivity index (χ3n) is 4.63. The first-order valence-corrected chi connectivity index (χ1v) is 7.53. The van der Waals surface area contributed by atoms with Crippen molar-refractivity contribution in [3.05, 3.63) is 5.82 Å². The van der Waals surface area contributed by atoms with E-state index in [1.165, 1.54) is 26.1 Å². The van der Waals surface area contributed by atoms with Crippen molar-refractivity contribution in [1.29, 1.82) is 0 Å². The summed E-state index contributed by atoms with van der Waals surface area (Å²) < 4.78 is 1.96. The van der Waals surface area contributed by atoms with E-state index in [1.807, 2.05) is 4.68 Å². The van der Waals surface area contributed by atoms with Crippen LogP contribution in [0.2, 0.25) is 0 Å². The molecule has 1 N–H and O–H groups in total. The van der Waals surface area contributed by atoms with Gasteiger partial charge in [0.15, 0.2) is 5.82 Å². The van der Waals surface area contributed by atoms with E-state index in [1.54, 1.807) is 0 Å². The van der Waals surface area contributed by atoms with Crippen molar-refractivity contribution in [2.75, 3.05) is 19.6 Å². The zero-order valence-electron chi connectivity index (χ0n) is 11.9. The Morgan fingerprint density at radius 3 is 3.00 bits per heavy atom. The summed E-state index contributed by atoms with van der Waals surface area (Å²) in [7, 11) is 0. The summed E-state index contributed by atoms with van der Waals surface area (Å²) in [6.07, 6.45) is 2.29. The van der Waals surface area contributed by atoms with E-state index < -0.39 is 0 Å². The first-order chi connectivity index (χ1) is 9.33. The number of nitrogens with zero attached hydrogens (tertiary/aromatic N) is 5. The molecule has 2 aliphatic rings. The lowest BCUT2D eigenvalue weighted by atomic mass is 9.93. The molecule has 2 saturated heterocycles. The Morgan fingerprint density at radius 1 is 1.32 bits per heavy atom. The standard InChI is InChI=1S/C13H24N6/c1-3-5-19-13(15-16-17-19)9-18-8-10-6-14-7-11(10)12(18)4-2/h10-12,14H,3-9H2,1-2H3. The van der Waals surface area contributed by atoms with E-state index >= 15 is 0 Å². The molecular formula is C13H24N6. The van der Waals surface area contributed by atoms with Gasteiger partial charge in [-0.3, -0.25) is 4.90 Å². The smallest absolute Gasteiger partial charge is 0.165 e. The van der Waals surface area contributed by atoms with Crippen molar-refractivity contribution < 1.29 is 0 Å². The third-order valence-corrected chi connectivity index (χ3v) is 4.63. The monoisotopic (exact) mass is 264 g/mol. The van der Waals surface area contributed by atoms with E-state index in [9.17, 15) is 0 Å². The number of nitrogens with one attached hydrogen (secondary N) is 1. The van der Waals surface area contributed by atoms with Crippen molar-refractivity contribution in [2.45, 2.75) is 45.8 Å². The molecule has 1 aromatic heterocycles. The van der Waals surface area contributed by atoms with Crippen molar-refractivity contribution >= 4 is 0 Å². The second-order valence-corrected chi connectivity index (χ2v) is 5.81. The highest BCUT2D eigenvalue weighted by Gasteiger charge is 2.43. The maximum absolute atomic E-state index is 4.21. The van der Waals surface area contributed by atoms with Gasteiger partial charge < -0.3 is 5.32 Å². The largest absolute Gasteiger partial charge is 0.316 e. The van der Waals surface area contributed by atoms with Crippen LogP contribution in [0.4, 0.5) is 0 Å². The summed E-state index contributed by atoms with van der Waals surface area (Å²) in [5.41, 5.74) is 0. The molecule has 0 radical (unpaired) electrons. The molecule has 3 heterocycles. The highest BCUT2D eigenvalue weighted by atomic mass is 15.5. The Kier molecular flexibility index (Phi) is 3.79. The molecule has 3 unspecified atom stereocenters. The van der Waals surface area contributed by atoms with Crippen LogP contribution in [-0.4, -0.2) is 50.8 Å². The maximum atomic E-state index is 4.21. The van der Waals surface area contributed by atoms with E-state index in [0.717, 1.165) is 37.2 Å². The molecule has 0 bridgehead atoms.